The molecule has 14 heavy (non-hydrogen) atoms. The highest BCUT2D eigenvalue weighted by Crippen LogP contribution is 2.39. The molecule has 0 aromatic carbocycles. The number of hydrogen-bond donors (Lipinski definition) is 2. The quantitative estimate of drug-likeness (QED) is 0.717. The number of nitrogens with two attached hydrogens (primary N) is 1. The van der Waals surface area contributed by atoms with Crippen LogP contribution >= 0.6 is 0 Å². The van der Waals surface area contributed by atoms with E-state index in [1.165, 1.54) is 18.4 Å². The minimum Gasteiger partial charge on any atom is -0.480 e. The number of hydrogen-bond acceptors (Lipinski definition) is 3. The van der Waals surface area contributed by atoms with E-state index in [0.29, 0.717) is 5.92 Å². The topological polar surface area (TPSA) is 81.1 Å². The molecule has 1 unspecified atom stereocenters. The van der Waals surface area contributed by atoms with Gasteiger partial charge < -0.3 is 10.8 Å². The molecule has 0 amide bonds. The molecule has 5 heteroatoms. The molecular weight excluding hydrogens is 182 g/mol. The molecule has 0 saturated heterocycles. The van der Waals surface area contributed by atoms with Crippen LogP contribution in [0.5, 0.6) is 0 Å². The second kappa shape index (κ2) is 3.42. The molecule has 0 radical (unpaired) electrons. The van der Waals surface area contributed by atoms with Crippen molar-refractivity contribution in [1.82, 2.24) is 9.78 Å². The van der Waals surface area contributed by atoms with Gasteiger partial charge in [0.05, 0.1) is 12.7 Å². The third kappa shape index (κ3) is 1.93. The maximum Gasteiger partial charge on any atom is 0.322 e. The van der Waals surface area contributed by atoms with Crippen LogP contribution in [-0.2, 0) is 11.3 Å². The summed E-state index contributed by atoms with van der Waals surface area (Å²) in [5, 5.41) is 12.7. The van der Waals surface area contributed by atoms with Gasteiger partial charge in [-0.05, 0) is 24.3 Å². The van der Waals surface area contributed by atoms with Crippen molar-refractivity contribution in [2.45, 2.75) is 31.3 Å². The maximum absolute atomic E-state index is 10.5. The van der Waals surface area contributed by atoms with Crippen molar-refractivity contribution < 1.29 is 9.90 Å². The number of carboxylic acid groups (broad SMARTS) is 1. The summed E-state index contributed by atoms with van der Waals surface area (Å²) < 4.78 is 1.60. The van der Waals surface area contributed by atoms with E-state index < -0.39 is 12.0 Å². The number of aliphatic carboxylic acids is 1. The van der Waals surface area contributed by atoms with Gasteiger partial charge in [0.1, 0.15) is 6.04 Å². The zero-order chi connectivity index (χ0) is 10.1. The molecule has 0 aliphatic heterocycles. The zero-order valence-corrected chi connectivity index (χ0v) is 7.76. The Morgan fingerprint density at radius 1 is 1.79 bits per heavy atom. The SMILES string of the molecule is NC(Cn1cc(C2CC2)cn1)C(=O)O. The molecular formula is C9H13N3O2. The highest BCUT2D eigenvalue weighted by molar-refractivity contribution is 5.72. The molecule has 3 N–H and O–H groups in total. The van der Waals surface area contributed by atoms with Gasteiger partial charge in [-0.2, -0.15) is 5.10 Å². The van der Waals surface area contributed by atoms with E-state index in [0.717, 1.165) is 0 Å². The van der Waals surface area contributed by atoms with Gasteiger partial charge in [-0.15, -0.1) is 0 Å². The minimum atomic E-state index is -0.992. The summed E-state index contributed by atoms with van der Waals surface area (Å²) in [5.74, 6) is -0.349. The lowest BCUT2D eigenvalue weighted by molar-refractivity contribution is -0.138. The highest BCUT2D eigenvalue weighted by Gasteiger charge is 2.25. The number of aromatic nitrogens is 2. The number of carbonyl (C=O) groups is 1. The summed E-state index contributed by atoms with van der Waals surface area (Å²) in [6.07, 6.45) is 6.13. The monoisotopic (exact) mass is 195 g/mol. The molecule has 1 aromatic rings. The van der Waals surface area contributed by atoms with Crippen LogP contribution < -0.4 is 5.73 Å². The zero-order valence-electron chi connectivity index (χ0n) is 7.76. The molecule has 5 nitrogen and oxygen atoms in total. The van der Waals surface area contributed by atoms with Crippen LogP contribution in [0.4, 0.5) is 0 Å². The van der Waals surface area contributed by atoms with Crippen molar-refractivity contribution in [2.75, 3.05) is 0 Å². The Balaban J connectivity index is 1.98. The van der Waals surface area contributed by atoms with E-state index >= 15 is 0 Å². The third-order valence-electron chi connectivity index (χ3n) is 2.40. The smallest absolute Gasteiger partial charge is 0.322 e. The predicted octanol–water partition coefficient (Wildman–Crippen LogP) is 0.172. The summed E-state index contributed by atoms with van der Waals surface area (Å²) >= 11 is 0. The third-order valence-corrected chi connectivity index (χ3v) is 2.40. The number of nitrogens with zero attached hydrogens (tertiary/aromatic N) is 2. The molecule has 1 heterocycles. The predicted molar refractivity (Wildman–Crippen MR) is 49.8 cm³/mol. The van der Waals surface area contributed by atoms with Gasteiger partial charge in [-0.25, -0.2) is 0 Å². The average molecular weight is 195 g/mol. The fourth-order valence-corrected chi connectivity index (χ4v) is 1.39. The van der Waals surface area contributed by atoms with Crippen LogP contribution in [0.25, 0.3) is 0 Å². The average Bonchev–Trinajstić information content (AvgIpc) is 2.88. The fourth-order valence-electron chi connectivity index (χ4n) is 1.39. The second-order valence-corrected chi connectivity index (χ2v) is 3.71. The van der Waals surface area contributed by atoms with E-state index in [4.69, 9.17) is 10.8 Å². The molecule has 1 atom stereocenters. The largest absolute Gasteiger partial charge is 0.480 e. The first-order valence-electron chi connectivity index (χ1n) is 4.67. The van der Waals surface area contributed by atoms with Gasteiger partial charge in [0.15, 0.2) is 0 Å². The van der Waals surface area contributed by atoms with Crippen LogP contribution in [0.3, 0.4) is 0 Å². The molecule has 0 bridgehead atoms. The lowest BCUT2D eigenvalue weighted by Gasteiger charge is -2.05. The minimum absolute atomic E-state index is 0.238. The molecule has 2 rings (SSSR count). The van der Waals surface area contributed by atoms with Gasteiger partial charge in [-0.3, -0.25) is 9.48 Å². The molecule has 1 aromatic heterocycles. The van der Waals surface area contributed by atoms with Crippen molar-refractivity contribution in [3.05, 3.63) is 18.0 Å². The normalized spacial score (nSPS) is 18.1. The Labute approximate surface area is 81.5 Å². The lowest BCUT2D eigenvalue weighted by Crippen LogP contribution is -2.34. The number of rotatable bonds is 4. The van der Waals surface area contributed by atoms with Crippen LogP contribution in [0.2, 0.25) is 0 Å². The van der Waals surface area contributed by atoms with Crippen LogP contribution in [-0.4, -0.2) is 26.9 Å². The molecule has 76 valence electrons. The lowest BCUT2D eigenvalue weighted by atomic mass is 10.2. The summed E-state index contributed by atoms with van der Waals surface area (Å²) in [6, 6.07) is -0.873. The van der Waals surface area contributed by atoms with Gasteiger partial charge in [0.2, 0.25) is 0 Å². The second-order valence-electron chi connectivity index (χ2n) is 3.71. The van der Waals surface area contributed by atoms with Crippen molar-refractivity contribution in [3.8, 4) is 0 Å². The maximum atomic E-state index is 10.5. The molecule has 1 saturated carbocycles. The molecule has 0 spiro atoms. The van der Waals surface area contributed by atoms with Crippen LogP contribution in [0.1, 0.15) is 24.3 Å². The Hall–Kier alpha value is -1.36. The summed E-state index contributed by atoms with van der Waals surface area (Å²) in [7, 11) is 0. The first kappa shape index (κ1) is 9.21. The Morgan fingerprint density at radius 3 is 3.07 bits per heavy atom. The number of carboxylic acids is 1. The van der Waals surface area contributed by atoms with Gasteiger partial charge in [-0.1, -0.05) is 0 Å². The van der Waals surface area contributed by atoms with E-state index in [1.54, 1.807) is 10.9 Å². The first-order valence-corrected chi connectivity index (χ1v) is 4.67. The standard InChI is InChI=1S/C9H13N3O2/c10-8(9(13)14)5-12-4-7(3-11-12)6-1-2-6/h3-4,6,8H,1-2,5,10H2,(H,13,14). The van der Waals surface area contributed by atoms with E-state index in [1.807, 2.05) is 6.20 Å². The Bertz CT molecular complexity index is 344. The molecule has 1 aliphatic rings. The van der Waals surface area contributed by atoms with E-state index in [2.05, 4.69) is 5.10 Å². The van der Waals surface area contributed by atoms with Crippen molar-refractivity contribution in [2.24, 2.45) is 5.73 Å². The van der Waals surface area contributed by atoms with Crippen molar-refractivity contribution >= 4 is 5.97 Å². The molecule has 1 aliphatic carbocycles. The summed E-state index contributed by atoms with van der Waals surface area (Å²) in [6.45, 7) is 0.238. The Morgan fingerprint density at radius 2 is 2.50 bits per heavy atom. The Kier molecular flexibility index (Phi) is 2.25. The summed E-state index contributed by atoms with van der Waals surface area (Å²) in [5.41, 5.74) is 6.59. The fraction of sp³-hybridized carbons (Fsp3) is 0.556. The molecule has 1 fully saturated rings. The van der Waals surface area contributed by atoms with Crippen molar-refractivity contribution in [1.29, 1.82) is 0 Å². The van der Waals surface area contributed by atoms with Gasteiger partial charge in [0.25, 0.3) is 0 Å². The highest BCUT2D eigenvalue weighted by atomic mass is 16.4. The summed E-state index contributed by atoms with van der Waals surface area (Å²) in [4.78, 5) is 10.5. The van der Waals surface area contributed by atoms with Crippen molar-refractivity contribution in [3.63, 3.8) is 0 Å². The van der Waals surface area contributed by atoms with Gasteiger partial charge >= 0.3 is 5.97 Å². The van der Waals surface area contributed by atoms with Gasteiger partial charge in [0, 0.05) is 6.20 Å². The first-order chi connectivity index (χ1) is 6.66. The van der Waals surface area contributed by atoms with Crippen LogP contribution in [0, 0.1) is 0 Å². The van der Waals surface area contributed by atoms with E-state index in [9.17, 15) is 4.79 Å². The van der Waals surface area contributed by atoms with E-state index in [-0.39, 0.29) is 6.54 Å². The van der Waals surface area contributed by atoms with Crippen LogP contribution in [0.15, 0.2) is 12.4 Å².